The van der Waals surface area contributed by atoms with E-state index in [0.717, 1.165) is 24.9 Å². The lowest BCUT2D eigenvalue weighted by molar-refractivity contribution is 0.0589. The van der Waals surface area contributed by atoms with Gasteiger partial charge in [-0.05, 0) is 43.3 Å². The molecule has 0 aromatic carbocycles. The fourth-order valence-electron chi connectivity index (χ4n) is 2.35. The zero-order valence-corrected chi connectivity index (χ0v) is 9.47. The molecule has 2 fully saturated rings. The van der Waals surface area contributed by atoms with Crippen molar-refractivity contribution in [3.63, 3.8) is 0 Å². The van der Waals surface area contributed by atoms with Crippen LogP contribution >= 0.6 is 11.8 Å². The average molecular weight is 216 g/mol. The van der Waals surface area contributed by atoms with Crippen molar-refractivity contribution in [3.8, 4) is 0 Å². The number of hydrogen-bond acceptors (Lipinski definition) is 3. The summed E-state index contributed by atoms with van der Waals surface area (Å²) in [5, 5.41) is 9.67. The van der Waals surface area contributed by atoms with Crippen LogP contribution in [0.3, 0.4) is 0 Å². The maximum absolute atomic E-state index is 9.67. The van der Waals surface area contributed by atoms with Crippen LogP contribution in [0.2, 0.25) is 0 Å². The fourth-order valence-corrected chi connectivity index (χ4v) is 3.69. The largest absolute Gasteiger partial charge is 0.392 e. The molecule has 2 heterocycles. The Kier molecular flexibility index (Phi) is 4.14. The van der Waals surface area contributed by atoms with Crippen LogP contribution in [0.1, 0.15) is 25.7 Å². The number of ether oxygens (including phenoxy) is 1. The van der Waals surface area contributed by atoms with Crippen LogP contribution < -0.4 is 0 Å². The fraction of sp³-hybridized carbons (Fsp3) is 1.00. The van der Waals surface area contributed by atoms with Gasteiger partial charge in [0.2, 0.25) is 0 Å². The lowest BCUT2D eigenvalue weighted by Gasteiger charge is -2.23. The Morgan fingerprint density at radius 1 is 1.14 bits per heavy atom. The molecule has 82 valence electrons. The minimum atomic E-state index is -0.0279. The number of rotatable bonds is 3. The van der Waals surface area contributed by atoms with E-state index in [4.69, 9.17) is 4.74 Å². The highest BCUT2D eigenvalue weighted by atomic mass is 32.2. The van der Waals surface area contributed by atoms with Gasteiger partial charge in [-0.15, -0.1) is 0 Å². The van der Waals surface area contributed by atoms with Crippen LogP contribution in [0.25, 0.3) is 0 Å². The van der Waals surface area contributed by atoms with Crippen LogP contribution in [-0.2, 0) is 4.74 Å². The third-order valence-electron chi connectivity index (χ3n) is 3.45. The van der Waals surface area contributed by atoms with E-state index in [-0.39, 0.29) is 6.10 Å². The molecular weight excluding hydrogens is 196 g/mol. The maximum atomic E-state index is 9.67. The maximum Gasteiger partial charge on any atom is 0.0666 e. The van der Waals surface area contributed by atoms with E-state index in [2.05, 4.69) is 0 Å². The zero-order chi connectivity index (χ0) is 9.80. The van der Waals surface area contributed by atoms with Crippen molar-refractivity contribution in [2.24, 2.45) is 11.8 Å². The third kappa shape index (κ3) is 2.88. The molecule has 0 saturated carbocycles. The molecule has 0 amide bonds. The number of hydrogen-bond donors (Lipinski definition) is 1. The van der Waals surface area contributed by atoms with Gasteiger partial charge in [-0.3, -0.25) is 0 Å². The summed E-state index contributed by atoms with van der Waals surface area (Å²) in [5.41, 5.74) is 0. The molecule has 2 aliphatic heterocycles. The molecule has 0 aromatic rings. The standard InChI is InChI=1S/C11H20O2S/c12-11-8-14-7-10(11)2-1-9-3-5-13-6-4-9/h9-12H,1-8H2. The van der Waals surface area contributed by atoms with E-state index >= 15 is 0 Å². The van der Waals surface area contributed by atoms with Gasteiger partial charge in [0.1, 0.15) is 0 Å². The van der Waals surface area contributed by atoms with E-state index < -0.39 is 0 Å². The first-order valence-corrected chi connectivity index (χ1v) is 6.85. The predicted octanol–water partition coefficient (Wildman–Crippen LogP) is 1.92. The molecule has 14 heavy (non-hydrogen) atoms. The van der Waals surface area contributed by atoms with Gasteiger partial charge >= 0.3 is 0 Å². The number of aliphatic hydroxyl groups excluding tert-OH is 1. The summed E-state index contributed by atoms with van der Waals surface area (Å²) in [4.78, 5) is 0. The Morgan fingerprint density at radius 3 is 2.57 bits per heavy atom. The molecule has 2 nitrogen and oxygen atoms in total. The van der Waals surface area contributed by atoms with Gasteiger partial charge in [0.15, 0.2) is 0 Å². The minimum Gasteiger partial charge on any atom is -0.392 e. The van der Waals surface area contributed by atoms with Gasteiger partial charge in [-0.25, -0.2) is 0 Å². The molecule has 0 spiro atoms. The van der Waals surface area contributed by atoms with Crippen molar-refractivity contribution in [1.82, 2.24) is 0 Å². The number of thioether (sulfide) groups is 1. The Labute approximate surface area is 90.4 Å². The summed E-state index contributed by atoms with van der Waals surface area (Å²) in [5.74, 6) is 3.56. The van der Waals surface area contributed by atoms with E-state index in [9.17, 15) is 5.11 Å². The normalized spacial score (nSPS) is 34.9. The van der Waals surface area contributed by atoms with Crippen molar-refractivity contribution < 1.29 is 9.84 Å². The van der Waals surface area contributed by atoms with Crippen LogP contribution in [0.15, 0.2) is 0 Å². The average Bonchev–Trinajstić information content (AvgIpc) is 2.63. The van der Waals surface area contributed by atoms with E-state index in [0.29, 0.717) is 5.92 Å². The Hall–Kier alpha value is 0.270. The van der Waals surface area contributed by atoms with Crippen molar-refractivity contribution >= 4 is 11.8 Å². The molecule has 1 N–H and O–H groups in total. The first-order chi connectivity index (χ1) is 6.86. The Balaban J connectivity index is 1.65. The molecule has 0 radical (unpaired) electrons. The molecule has 3 heteroatoms. The second-order valence-corrected chi connectivity index (χ2v) is 5.57. The summed E-state index contributed by atoms with van der Waals surface area (Å²) in [6.07, 6.45) is 4.95. The van der Waals surface area contributed by atoms with Gasteiger partial charge < -0.3 is 9.84 Å². The minimum absolute atomic E-state index is 0.0279. The Bertz CT molecular complexity index is 169. The smallest absolute Gasteiger partial charge is 0.0666 e. The predicted molar refractivity (Wildman–Crippen MR) is 59.6 cm³/mol. The Morgan fingerprint density at radius 2 is 1.93 bits per heavy atom. The van der Waals surface area contributed by atoms with Crippen molar-refractivity contribution in [2.75, 3.05) is 24.7 Å². The molecule has 2 rings (SSSR count). The van der Waals surface area contributed by atoms with Gasteiger partial charge in [-0.1, -0.05) is 0 Å². The van der Waals surface area contributed by atoms with Gasteiger partial charge in [0.25, 0.3) is 0 Å². The molecule has 2 saturated heterocycles. The van der Waals surface area contributed by atoms with E-state index in [1.54, 1.807) is 0 Å². The van der Waals surface area contributed by atoms with Crippen LogP contribution in [-0.4, -0.2) is 35.9 Å². The topological polar surface area (TPSA) is 29.5 Å². The summed E-state index contributed by atoms with van der Waals surface area (Å²) in [6.45, 7) is 1.90. The molecule has 2 unspecified atom stereocenters. The first-order valence-electron chi connectivity index (χ1n) is 5.70. The first kappa shape index (κ1) is 10.8. The van der Waals surface area contributed by atoms with E-state index in [1.807, 2.05) is 11.8 Å². The quantitative estimate of drug-likeness (QED) is 0.781. The van der Waals surface area contributed by atoms with Crippen molar-refractivity contribution in [3.05, 3.63) is 0 Å². The van der Waals surface area contributed by atoms with Gasteiger partial charge in [0, 0.05) is 19.0 Å². The highest BCUT2D eigenvalue weighted by Gasteiger charge is 2.26. The van der Waals surface area contributed by atoms with Gasteiger partial charge in [-0.2, -0.15) is 11.8 Å². The molecule has 0 aromatic heterocycles. The second-order valence-electron chi connectivity index (χ2n) is 4.50. The summed E-state index contributed by atoms with van der Waals surface area (Å²) < 4.78 is 5.34. The molecule has 0 bridgehead atoms. The lowest BCUT2D eigenvalue weighted by Crippen LogP contribution is -2.21. The third-order valence-corrected chi connectivity index (χ3v) is 4.69. The van der Waals surface area contributed by atoms with Crippen LogP contribution in [0.5, 0.6) is 0 Å². The van der Waals surface area contributed by atoms with E-state index in [1.165, 1.54) is 31.4 Å². The zero-order valence-electron chi connectivity index (χ0n) is 8.65. The van der Waals surface area contributed by atoms with Crippen LogP contribution in [0.4, 0.5) is 0 Å². The van der Waals surface area contributed by atoms with Crippen LogP contribution in [0, 0.1) is 11.8 Å². The summed E-state index contributed by atoms with van der Waals surface area (Å²) in [6, 6.07) is 0. The molecule has 0 aliphatic carbocycles. The molecular formula is C11H20O2S. The summed E-state index contributed by atoms with van der Waals surface area (Å²) in [7, 11) is 0. The highest BCUT2D eigenvalue weighted by molar-refractivity contribution is 7.99. The van der Waals surface area contributed by atoms with Gasteiger partial charge in [0.05, 0.1) is 6.10 Å². The van der Waals surface area contributed by atoms with Crippen molar-refractivity contribution in [1.29, 1.82) is 0 Å². The molecule has 2 aliphatic rings. The lowest BCUT2D eigenvalue weighted by atomic mass is 9.89. The highest BCUT2D eigenvalue weighted by Crippen LogP contribution is 2.30. The van der Waals surface area contributed by atoms with Crippen molar-refractivity contribution in [2.45, 2.75) is 31.8 Å². The number of aliphatic hydroxyl groups is 1. The summed E-state index contributed by atoms with van der Waals surface area (Å²) >= 11 is 1.90. The second kappa shape index (κ2) is 5.38. The molecule has 2 atom stereocenters. The SMILES string of the molecule is OC1CSCC1CCC1CCOCC1. The monoisotopic (exact) mass is 216 g/mol.